The number of phenols is 3. The normalized spacial score (nSPS) is 12.8. The maximum Gasteiger partial charge on any atom is 0.161 e. The first-order chi connectivity index (χ1) is 5.52. The predicted octanol–water partition coefficient (Wildman–Crippen LogP) is 0.857. The second kappa shape index (κ2) is 2.91. The van der Waals surface area contributed by atoms with E-state index in [1.807, 2.05) is 0 Å². The number of hydrogen-bond donors (Lipinski definition) is 4. The third-order valence-electron chi connectivity index (χ3n) is 1.57. The number of phenolic OH excluding ortho intramolecular Hbond substituents is 3. The fourth-order valence-corrected chi connectivity index (χ4v) is 0.917. The number of aromatic hydroxyl groups is 3. The highest BCUT2D eigenvalue weighted by molar-refractivity contribution is 5.49. The lowest BCUT2D eigenvalue weighted by Gasteiger charge is -2.08. The molecule has 0 saturated carbocycles. The Morgan fingerprint density at radius 1 is 1.00 bits per heavy atom. The molecule has 0 aliphatic rings. The van der Waals surface area contributed by atoms with Gasteiger partial charge in [-0.1, -0.05) is 0 Å². The van der Waals surface area contributed by atoms with Gasteiger partial charge in [0.15, 0.2) is 11.5 Å². The van der Waals surface area contributed by atoms with E-state index < -0.39 is 11.9 Å². The number of aliphatic hydroxyl groups is 1. The molecular weight excluding hydrogens is 160 g/mol. The number of aliphatic hydroxyl groups excluding tert-OH is 1. The van der Waals surface area contributed by atoms with Crippen LogP contribution in [-0.2, 0) is 0 Å². The molecule has 0 saturated heterocycles. The molecule has 0 fully saturated rings. The minimum absolute atomic E-state index is 0.185. The Morgan fingerprint density at radius 2 is 1.50 bits per heavy atom. The number of rotatable bonds is 1. The molecular formula is C8H10O4. The van der Waals surface area contributed by atoms with Gasteiger partial charge in [-0.3, -0.25) is 0 Å². The molecule has 4 heteroatoms. The van der Waals surface area contributed by atoms with Crippen molar-refractivity contribution in [2.45, 2.75) is 13.0 Å². The molecule has 0 aromatic heterocycles. The third kappa shape index (κ3) is 1.43. The Labute approximate surface area is 69.3 Å². The van der Waals surface area contributed by atoms with Crippen LogP contribution in [0.15, 0.2) is 12.1 Å². The summed E-state index contributed by atoms with van der Waals surface area (Å²) >= 11 is 0. The molecule has 0 amide bonds. The van der Waals surface area contributed by atoms with Crippen LogP contribution in [0.1, 0.15) is 18.6 Å². The van der Waals surface area contributed by atoms with Gasteiger partial charge >= 0.3 is 0 Å². The van der Waals surface area contributed by atoms with Crippen molar-refractivity contribution in [3.63, 3.8) is 0 Å². The van der Waals surface area contributed by atoms with Crippen molar-refractivity contribution in [2.24, 2.45) is 0 Å². The van der Waals surface area contributed by atoms with Crippen LogP contribution < -0.4 is 0 Å². The van der Waals surface area contributed by atoms with Crippen LogP contribution in [0.3, 0.4) is 0 Å². The third-order valence-corrected chi connectivity index (χ3v) is 1.57. The second-order valence-corrected chi connectivity index (χ2v) is 2.58. The summed E-state index contributed by atoms with van der Waals surface area (Å²) in [6.07, 6.45) is -0.878. The van der Waals surface area contributed by atoms with Gasteiger partial charge in [-0.05, 0) is 13.0 Å². The molecule has 0 aliphatic carbocycles. The quantitative estimate of drug-likeness (QED) is 0.372. The molecule has 12 heavy (non-hydrogen) atoms. The smallest absolute Gasteiger partial charge is 0.161 e. The van der Waals surface area contributed by atoms with Crippen LogP contribution in [0, 0.1) is 0 Å². The van der Waals surface area contributed by atoms with E-state index in [0.717, 1.165) is 12.1 Å². The van der Waals surface area contributed by atoms with Gasteiger partial charge in [-0.15, -0.1) is 0 Å². The summed E-state index contributed by atoms with van der Waals surface area (Å²) in [6, 6.07) is 2.10. The highest BCUT2D eigenvalue weighted by Crippen LogP contribution is 2.34. The van der Waals surface area contributed by atoms with Gasteiger partial charge in [0, 0.05) is 11.6 Å². The zero-order valence-electron chi connectivity index (χ0n) is 6.52. The minimum atomic E-state index is -0.878. The average Bonchev–Trinajstić information content (AvgIpc) is 1.96. The number of hydrogen-bond acceptors (Lipinski definition) is 4. The van der Waals surface area contributed by atoms with Crippen molar-refractivity contribution in [3.8, 4) is 17.2 Å². The fourth-order valence-electron chi connectivity index (χ4n) is 0.917. The standard InChI is InChI=1S/C8H10O4/c1-4(9)5-2-7(11)8(12)3-6(5)10/h2-4,9-12H,1H3. The molecule has 0 heterocycles. The van der Waals surface area contributed by atoms with Gasteiger partial charge in [0.1, 0.15) is 5.75 Å². The molecule has 1 aromatic carbocycles. The summed E-state index contributed by atoms with van der Waals surface area (Å²) in [5.41, 5.74) is 0.185. The van der Waals surface area contributed by atoms with Crippen molar-refractivity contribution >= 4 is 0 Å². The highest BCUT2D eigenvalue weighted by atomic mass is 16.3. The summed E-state index contributed by atoms with van der Waals surface area (Å²) in [5, 5.41) is 36.1. The molecule has 4 nitrogen and oxygen atoms in total. The largest absolute Gasteiger partial charge is 0.507 e. The van der Waals surface area contributed by atoms with Crippen LogP contribution in [0.4, 0.5) is 0 Å². The predicted molar refractivity (Wildman–Crippen MR) is 42.1 cm³/mol. The molecule has 1 unspecified atom stereocenters. The van der Waals surface area contributed by atoms with Crippen LogP contribution in [0.2, 0.25) is 0 Å². The fraction of sp³-hybridized carbons (Fsp3) is 0.250. The molecule has 0 aliphatic heterocycles. The van der Waals surface area contributed by atoms with E-state index in [1.54, 1.807) is 0 Å². The lowest BCUT2D eigenvalue weighted by Crippen LogP contribution is -1.91. The Balaban J connectivity index is 3.23. The summed E-state index contributed by atoms with van der Waals surface area (Å²) in [5.74, 6) is -0.999. The van der Waals surface area contributed by atoms with E-state index >= 15 is 0 Å². The minimum Gasteiger partial charge on any atom is -0.507 e. The van der Waals surface area contributed by atoms with Gasteiger partial charge in [0.2, 0.25) is 0 Å². The summed E-state index contributed by atoms with van der Waals surface area (Å²) < 4.78 is 0. The first kappa shape index (κ1) is 8.67. The van der Waals surface area contributed by atoms with Gasteiger partial charge in [-0.25, -0.2) is 0 Å². The molecule has 0 radical (unpaired) electrons. The summed E-state index contributed by atoms with van der Waals surface area (Å²) in [4.78, 5) is 0. The second-order valence-electron chi connectivity index (χ2n) is 2.58. The van der Waals surface area contributed by atoms with E-state index in [-0.39, 0.29) is 17.1 Å². The van der Waals surface area contributed by atoms with Gasteiger partial charge in [0.25, 0.3) is 0 Å². The Bertz CT molecular complexity index is 293. The molecule has 0 bridgehead atoms. The Hall–Kier alpha value is -1.42. The SMILES string of the molecule is CC(O)c1cc(O)c(O)cc1O. The lowest BCUT2D eigenvalue weighted by molar-refractivity contribution is 0.194. The first-order valence-corrected chi connectivity index (χ1v) is 3.45. The van der Waals surface area contributed by atoms with E-state index in [2.05, 4.69) is 0 Å². The number of benzene rings is 1. The Morgan fingerprint density at radius 3 is 2.00 bits per heavy atom. The maximum absolute atomic E-state index is 9.16. The maximum atomic E-state index is 9.16. The summed E-state index contributed by atoms with van der Waals surface area (Å²) in [7, 11) is 0. The topological polar surface area (TPSA) is 80.9 Å². The van der Waals surface area contributed by atoms with E-state index in [9.17, 15) is 0 Å². The molecule has 4 N–H and O–H groups in total. The lowest BCUT2D eigenvalue weighted by atomic mass is 10.1. The van der Waals surface area contributed by atoms with Crippen molar-refractivity contribution < 1.29 is 20.4 Å². The molecule has 1 aromatic rings. The van der Waals surface area contributed by atoms with Gasteiger partial charge < -0.3 is 20.4 Å². The van der Waals surface area contributed by atoms with Crippen LogP contribution in [0.5, 0.6) is 17.2 Å². The zero-order chi connectivity index (χ0) is 9.30. The van der Waals surface area contributed by atoms with E-state index in [4.69, 9.17) is 20.4 Å². The monoisotopic (exact) mass is 170 g/mol. The first-order valence-electron chi connectivity index (χ1n) is 3.45. The molecule has 0 spiro atoms. The van der Waals surface area contributed by atoms with Crippen molar-refractivity contribution in [1.29, 1.82) is 0 Å². The van der Waals surface area contributed by atoms with Crippen LogP contribution in [-0.4, -0.2) is 20.4 Å². The van der Waals surface area contributed by atoms with Crippen LogP contribution >= 0.6 is 0 Å². The highest BCUT2D eigenvalue weighted by Gasteiger charge is 2.11. The average molecular weight is 170 g/mol. The molecule has 66 valence electrons. The van der Waals surface area contributed by atoms with Gasteiger partial charge in [0.05, 0.1) is 6.10 Å². The van der Waals surface area contributed by atoms with Crippen molar-refractivity contribution in [1.82, 2.24) is 0 Å². The van der Waals surface area contributed by atoms with Crippen molar-refractivity contribution in [2.75, 3.05) is 0 Å². The van der Waals surface area contributed by atoms with E-state index in [0.29, 0.717) is 0 Å². The van der Waals surface area contributed by atoms with Crippen molar-refractivity contribution in [3.05, 3.63) is 17.7 Å². The van der Waals surface area contributed by atoms with Crippen LogP contribution in [0.25, 0.3) is 0 Å². The van der Waals surface area contributed by atoms with E-state index in [1.165, 1.54) is 6.92 Å². The molecule has 1 atom stereocenters. The Kier molecular flexibility index (Phi) is 2.10. The van der Waals surface area contributed by atoms with Gasteiger partial charge in [-0.2, -0.15) is 0 Å². The zero-order valence-corrected chi connectivity index (χ0v) is 6.52. The summed E-state index contributed by atoms with van der Waals surface area (Å²) in [6.45, 7) is 1.45. The molecule has 1 rings (SSSR count).